The Morgan fingerprint density at radius 1 is 0.360 bits per heavy atom. The maximum atomic E-state index is 5.38. The van der Waals surface area contributed by atoms with Crippen LogP contribution >= 0.6 is 11.3 Å². The summed E-state index contributed by atoms with van der Waals surface area (Å²) >= 11 is 1.82. The average Bonchev–Trinajstić information content (AvgIpc) is 3.57. The van der Waals surface area contributed by atoms with E-state index in [4.69, 9.17) is 15.0 Å². The lowest BCUT2D eigenvalue weighted by Gasteiger charge is -2.25. The fourth-order valence-corrected chi connectivity index (χ4v) is 8.31. The molecule has 0 N–H and O–H groups in total. The first kappa shape index (κ1) is 28.6. The molecule has 0 unspecified atom stereocenters. The van der Waals surface area contributed by atoms with Gasteiger partial charge in [-0.3, -0.25) is 0 Å². The van der Waals surface area contributed by atoms with Gasteiger partial charge in [0.25, 0.3) is 0 Å². The summed E-state index contributed by atoms with van der Waals surface area (Å²) in [4.78, 5) is 18.2. The molecule has 0 saturated carbocycles. The van der Waals surface area contributed by atoms with E-state index in [-0.39, 0.29) is 0 Å². The second-order valence-corrected chi connectivity index (χ2v) is 13.5. The number of nitrogens with zero attached hydrogens (tertiary/aromatic N) is 4. The smallest absolute Gasteiger partial charge is 0.180 e. The van der Waals surface area contributed by atoms with E-state index in [2.05, 4.69) is 150 Å². The molecule has 234 valence electrons. The molecule has 0 spiro atoms. The zero-order valence-corrected chi connectivity index (χ0v) is 27.7. The molecule has 4 nitrogen and oxygen atoms in total. The minimum Gasteiger partial charge on any atom is -0.311 e. The minimum absolute atomic E-state index is 0.622. The SMILES string of the molecule is c1ccc(N(c2ccccc2)c2ccc(-c3nc(-c4nc5ccccc5c5ccc6sc7ccccc7c6c45)nc4ccccc34)cc2)cc1. The van der Waals surface area contributed by atoms with Crippen LogP contribution in [-0.4, -0.2) is 15.0 Å². The lowest BCUT2D eigenvalue weighted by Crippen LogP contribution is -2.09. The molecule has 0 amide bonds. The van der Waals surface area contributed by atoms with Crippen molar-refractivity contribution in [3.05, 3.63) is 170 Å². The number of pyridine rings is 1. The highest BCUT2D eigenvalue weighted by molar-refractivity contribution is 7.26. The molecule has 0 aliphatic rings. The van der Waals surface area contributed by atoms with Crippen molar-refractivity contribution in [1.29, 1.82) is 0 Å². The molecule has 5 heteroatoms. The second kappa shape index (κ2) is 11.6. The molecule has 0 aliphatic heterocycles. The number of anilines is 3. The number of fused-ring (bicyclic) bond motifs is 8. The van der Waals surface area contributed by atoms with Crippen molar-refractivity contribution in [2.45, 2.75) is 0 Å². The summed E-state index contributed by atoms with van der Waals surface area (Å²) in [6, 6.07) is 59.4. The molecule has 3 heterocycles. The highest BCUT2D eigenvalue weighted by Crippen LogP contribution is 2.44. The summed E-state index contributed by atoms with van der Waals surface area (Å²) in [5.41, 5.74) is 7.79. The van der Waals surface area contributed by atoms with Gasteiger partial charge in [-0.05, 0) is 66.0 Å². The molecule has 10 aromatic rings. The third-order valence-corrected chi connectivity index (χ3v) is 10.6. The van der Waals surface area contributed by atoms with E-state index in [0.29, 0.717) is 5.82 Å². The second-order valence-electron chi connectivity index (χ2n) is 12.4. The molecule has 7 aromatic carbocycles. The first-order valence-electron chi connectivity index (χ1n) is 16.7. The molecule has 3 aromatic heterocycles. The van der Waals surface area contributed by atoms with Crippen molar-refractivity contribution in [2.75, 3.05) is 4.90 Å². The van der Waals surface area contributed by atoms with E-state index in [9.17, 15) is 0 Å². The molecule has 10 rings (SSSR count). The molecular formula is C45H28N4S. The van der Waals surface area contributed by atoms with Crippen LogP contribution in [0.15, 0.2) is 170 Å². The van der Waals surface area contributed by atoms with Crippen LogP contribution in [0.2, 0.25) is 0 Å². The Bertz CT molecular complexity index is 2830. The van der Waals surface area contributed by atoms with E-state index in [0.717, 1.165) is 66.6 Å². The first-order chi connectivity index (χ1) is 24.8. The highest BCUT2D eigenvalue weighted by Gasteiger charge is 2.21. The fraction of sp³-hybridized carbons (Fsp3) is 0. The maximum Gasteiger partial charge on any atom is 0.180 e. The third-order valence-electron chi connectivity index (χ3n) is 9.45. The van der Waals surface area contributed by atoms with Crippen LogP contribution in [0.3, 0.4) is 0 Å². The maximum absolute atomic E-state index is 5.38. The third kappa shape index (κ3) is 4.63. The number of aromatic nitrogens is 3. The summed E-state index contributed by atoms with van der Waals surface area (Å²) in [5.74, 6) is 0.622. The molecule has 0 fully saturated rings. The Morgan fingerprint density at radius 2 is 0.940 bits per heavy atom. The van der Waals surface area contributed by atoms with Gasteiger partial charge in [0.15, 0.2) is 5.82 Å². The van der Waals surface area contributed by atoms with Gasteiger partial charge in [-0.25, -0.2) is 15.0 Å². The van der Waals surface area contributed by atoms with Gasteiger partial charge in [-0.15, -0.1) is 11.3 Å². The van der Waals surface area contributed by atoms with Crippen LogP contribution in [0, 0.1) is 0 Å². The zero-order chi connectivity index (χ0) is 33.0. The predicted octanol–water partition coefficient (Wildman–Crippen LogP) is 12.5. The normalized spacial score (nSPS) is 11.6. The minimum atomic E-state index is 0.622. The van der Waals surface area contributed by atoms with Crippen LogP contribution in [0.25, 0.3) is 75.5 Å². The Labute approximate surface area is 292 Å². The Kier molecular flexibility index (Phi) is 6.64. The fourth-order valence-electron chi connectivity index (χ4n) is 7.20. The number of thiophene rings is 1. The lowest BCUT2D eigenvalue weighted by atomic mass is 9.98. The highest BCUT2D eigenvalue weighted by atomic mass is 32.1. The zero-order valence-electron chi connectivity index (χ0n) is 26.9. The summed E-state index contributed by atoms with van der Waals surface area (Å²) in [6.45, 7) is 0. The van der Waals surface area contributed by atoms with E-state index in [1.165, 1.54) is 20.2 Å². The standard InChI is InChI=1S/C45H28N4S/c1-3-13-30(14-4-1)49(31-15-5-2-6-16-31)32-25-23-29(24-26-32)43-35-18-8-11-21-38(35)47-45(48-43)44-42-34(33-17-7-10-20-37(33)46-44)27-28-40-41(42)36-19-9-12-22-39(36)50-40/h1-28H. The van der Waals surface area contributed by atoms with Crippen molar-refractivity contribution in [3.8, 4) is 22.8 Å². The Balaban J connectivity index is 1.20. The van der Waals surface area contributed by atoms with Gasteiger partial charge in [-0.1, -0.05) is 109 Å². The van der Waals surface area contributed by atoms with E-state index >= 15 is 0 Å². The van der Waals surface area contributed by atoms with Crippen LogP contribution in [0.1, 0.15) is 0 Å². The predicted molar refractivity (Wildman–Crippen MR) is 211 cm³/mol. The van der Waals surface area contributed by atoms with E-state index < -0.39 is 0 Å². The number of rotatable bonds is 5. The van der Waals surface area contributed by atoms with Crippen molar-refractivity contribution in [2.24, 2.45) is 0 Å². The van der Waals surface area contributed by atoms with Gasteiger partial charge < -0.3 is 4.90 Å². The first-order valence-corrected chi connectivity index (χ1v) is 17.5. The van der Waals surface area contributed by atoms with Gasteiger partial charge in [0.2, 0.25) is 0 Å². The monoisotopic (exact) mass is 656 g/mol. The molecule has 0 atom stereocenters. The molecular weight excluding hydrogens is 629 g/mol. The van der Waals surface area contributed by atoms with Gasteiger partial charge in [0.05, 0.1) is 16.7 Å². The topological polar surface area (TPSA) is 41.9 Å². The van der Waals surface area contributed by atoms with Crippen molar-refractivity contribution < 1.29 is 0 Å². The van der Waals surface area contributed by atoms with Gasteiger partial charge >= 0.3 is 0 Å². The van der Waals surface area contributed by atoms with Gasteiger partial charge in [0, 0.05) is 59.0 Å². The number of para-hydroxylation sites is 4. The molecule has 0 aliphatic carbocycles. The number of hydrogen-bond donors (Lipinski definition) is 0. The quantitative estimate of drug-likeness (QED) is 0.173. The summed E-state index contributed by atoms with van der Waals surface area (Å²) in [7, 11) is 0. The molecule has 0 saturated heterocycles. The Morgan fingerprint density at radius 3 is 1.66 bits per heavy atom. The van der Waals surface area contributed by atoms with E-state index in [1.54, 1.807) is 0 Å². The Hall–Kier alpha value is -6.43. The average molecular weight is 657 g/mol. The van der Waals surface area contributed by atoms with Crippen LogP contribution in [0.4, 0.5) is 17.1 Å². The van der Waals surface area contributed by atoms with Crippen molar-refractivity contribution in [1.82, 2.24) is 15.0 Å². The number of hydrogen-bond acceptors (Lipinski definition) is 5. The largest absolute Gasteiger partial charge is 0.311 e. The van der Waals surface area contributed by atoms with Crippen LogP contribution in [-0.2, 0) is 0 Å². The molecule has 0 bridgehead atoms. The van der Waals surface area contributed by atoms with E-state index in [1.807, 2.05) is 35.6 Å². The lowest BCUT2D eigenvalue weighted by molar-refractivity contribution is 1.20. The molecule has 50 heavy (non-hydrogen) atoms. The van der Waals surface area contributed by atoms with Crippen LogP contribution < -0.4 is 4.90 Å². The van der Waals surface area contributed by atoms with Crippen molar-refractivity contribution in [3.63, 3.8) is 0 Å². The molecule has 0 radical (unpaired) electrons. The number of benzene rings is 7. The summed E-state index contributed by atoms with van der Waals surface area (Å²) in [6.07, 6.45) is 0. The van der Waals surface area contributed by atoms with Gasteiger partial charge in [-0.2, -0.15) is 0 Å². The van der Waals surface area contributed by atoms with Gasteiger partial charge in [0.1, 0.15) is 5.69 Å². The summed E-state index contributed by atoms with van der Waals surface area (Å²) in [5, 5.41) is 6.82. The van der Waals surface area contributed by atoms with Crippen molar-refractivity contribution >= 4 is 81.1 Å². The van der Waals surface area contributed by atoms with Crippen LogP contribution in [0.5, 0.6) is 0 Å². The summed E-state index contributed by atoms with van der Waals surface area (Å²) < 4.78 is 2.49.